The SMILES string of the molecule is [C-]#[N+]c1ccc2c3ccc(C)c4c3n(c2c1)c1cccc2cc[n+](C)c4c21. The summed E-state index contributed by atoms with van der Waals surface area (Å²) in [6.45, 7) is 9.63. The minimum atomic E-state index is 0.677. The first-order valence-electron chi connectivity index (χ1n) is 9.06. The van der Waals surface area contributed by atoms with Crippen LogP contribution in [0.1, 0.15) is 5.56 Å². The molecule has 3 nitrogen and oxygen atoms in total. The van der Waals surface area contributed by atoms with E-state index in [0.717, 1.165) is 5.52 Å². The highest BCUT2D eigenvalue weighted by molar-refractivity contribution is 6.25. The molecule has 0 bridgehead atoms. The van der Waals surface area contributed by atoms with Crippen LogP contribution in [-0.2, 0) is 7.05 Å². The van der Waals surface area contributed by atoms with Crippen molar-refractivity contribution in [2.75, 3.05) is 0 Å². The van der Waals surface area contributed by atoms with Crippen molar-refractivity contribution in [1.29, 1.82) is 0 Å². The molecule has 0 aliphatic rings. The van der Waals surface area contributed by atoms with E-state index in [1.807, 2.05) is 12.1 Å². The molecule has 0 aliphatic carbocycles. The molecule has 0 amide bonds. The van der Waals surface area contributed by atoms with Crippen LogP contribution in [0.25, 0.3) is 53.8 Å². The number of hydrogen-bond donors (Lipinski definition) is 0. The van der Waals surface area contributed by atoms with Crippen molar-refractivity contribution >= 4 is 54.7 Å². The second-order valence-corrected chi connectivity index (χ2v) is 7.32. The maximum absolute atomic E-state index is 7.44. The van der Waals surface area contributed by atoms with Crippen molar-refractivity contribution in [3.05, 3.63) is 77.8 Å². The lowest BCUT2D eigenvalue weighted by Gasteiger charge is -2.12. The number of rotatable bonds is 0. The first-order chi connectivity index (χ1) is 13.2. The van der Waals surface area contributed by atoms with Crippen LogP contribution < -0.4 is 4.57 Å². The number of fused-ring (bicyclic) bond motifs is 5. The molecule has 0 radical (unpaired) electrons. The molecular formula is C24H16N3+. The van der Waals surface area contributed by atoms with Gasteiger partial charge in [0.05, 0.1) is 28.4 Å². The maximum Gasteiger partial charge on any atom is 0.224 e. The fraction of sp³-hybridized carbons (Fsp3) is 0.0833. The predicted molar refractivity (Wildman–Crippen MR) is 111 cm³/mol. The van der Waals surface area contributed by atoms with Gasteiger partial charge in [-0.3, -0.25) is 0 Å². The van der Waals surface area contributed by atoms with Gasteiger partial charge in [0, 0.05) is 22.4 Å². The molecule has 0 N–H and O–H groups in total. The first kappa shape index (κ1) is 14.5. The van der Waals surface area contributed by atoms with Crippen molar-refractivity contribution in [3.8, 4) is 0 Å². The summed E-state index contributed by atoms with van der Waals surface area (Å²) in [5.41, 5.74) is 6.76. The zero-order valence-electron chi connectivity index (χ0n) is 15.1. The predicted octanol–water partition coefficient (Wildman–Crippen LogP) is 5.67. The van der Waals surface area contributed by atoms with Crippen molar-refractivity contribution in [3.63, 3.8) is 0 Å². The molecule has 0 saturated heterocycles. The Morgan fingerprint density at radius 2 is 1.78 bits per heavy atom. The number of aryl methyl sites for hydroxylation is 2. The van der Waals surface area contributed by atoms with Crippen LogP contribution in [0.3, 0.4) is 0 Å². The van der Waals surface area contributed by atoms with E-state index in [4.69, 9.17) is 6.57 Å². The second kappa shape index (κ2) is 4.75. The summed E-state index contributed by atoms with van der Waals surface area (Å²) in [6.07, 6.45) is 2.15. The molecule has 3 heterocycles. The summed E-state index contributed by atoms with van der Waals surface area (Å²) in [7, 11) is 2.12. The van der Waals surface area contributed by atoms with Crippen molar-refractivity contribution in [2.45, 2.75) is 6.92 Å². The van der Waals surface area contributed by atoms with Crippen LogP contribution in [0.15, 0.2) is 60.8 Å². The highest BCUT2D eigenvalue weighted by atomic mass is 15.0. The van der Waals surface area contributed by atoms with Gasteiger partial charge in [0.15, 0.2) is 11.9 Å². The van der Waals surface area contributed by atoms with Crippen molar-refractivity contribution < 1.29 is 4.57 Å². The Balaban J connectivity index is 2.12. The van der Waals surface area contributed by atoms with Gasteiger partial charge in [-0.25, -0.2) is 9.41 Å². The summed E-state index contributed by atoms with van der Waals surface area (Å²) in [4.78, 5) is 3.66. The third kappa shape index (κ3) is 1.63. The molecular weight excluding hydrogens is 330 g/mol. The second-order valence-electron chi connectivity index (χ2n) is 7.32. The van der Waals surface area contributed by atoms with Crippen LogP contribution >= 0.6 is 0 Å². The summed E-state index contributed by atoms with van der Waals surface area (Å²) in [5.74, 6) is 0. The minimum absolute atomic E-state index is 0.677. The summed E-state index contributed by atoms with van der Waals surface area (Å²) in [6, 6.07) is 19.2. The van der Waals surface area contributed by atoms with Gasteiger partial charge in [-0.1, -0.05) is 36.4 Å². The molecule has 0 fully saturated rings. The van der Waals surface area contributed by atoms with Crippen LogP contribution in [0.4, 0.5) is 5.69 Å². The van der Waals surface area contributed by atoms with Crippen LogP contribution in [0.2, 0.25) is 0 Å². The van der Waals surface area contributed by atoms with Crippen LogP contribution in [-0.4, -0.2) is 4.40 Å². The fourth-order valence-corrected chi connectivity index (χ4v) is 4.70. The molecule has 3 aromatic carbocycles. The number of hydrogen-bond acceptors (Lipinski definition) is 0. The van der Waals surface area contributed by atoms with Crippen molar-refractivity contribution in [2.24, 2.45) is 7.05 Å². The zero-order valence-corrected chi connectivity index (χ0v) is 15.1. The van der Waals surface area contributed by atoms with Gasteiger partial charge in [-0.05, 0) is 30.0 Å². The van der Waals surface area contributed by atoms with Gasteiger partial charge in [-0.15, -0.1) is 0 Å². The first-order valence-corrected chi connectivity index (χ1v) is 9.06. The average Bonchev–Trinajstić information content (AvgIpc) is 3.02. The lowest BCUT2D eigenvalue weighted by Crippen LogP contribution is -2.28. The maximum atomic E-state index is 7.44. The van der Waals surface area contributed by atoms with E-state index in [2.05, 4.69) is 76.4 Å². The Bertz CT molecular complexity index is 1600. The van der Waals surface area contributed by atoms with Gasteiger partial charge in [-0.2, -0.15) is 0 Å². The molecule has 3 aromatic heterocycles. The normalized spacial score (nSPS) is 12.0. The van der Waals surface area contributed by atoms with Gasteiger partial charge < -0.3 is 4.40 Å². The van der Waals surface area contributed by atoms with Crippen LogP contribution in [0.5, 0.6) is 0 Å². The van der Waals surface area contributed by atoms with Gasteiger partial charge in [0.2, 0.25) is 5.52 Å². The van der Waals surface area contributed by atoms with E-state index >= 15 is 0 Å². The van der Waals surface area contributed by atoms with E-state index < -0.39 is 0 Å². The molecule has 0 aliphatic heterocycles. The lowest BCUT2D eigenvalue weighted by atomic mass is 10.00. The van der Waals surface area contributed by atoms with E-state index in [1.165, 1.54) is 49.0 Å². The Hall–Kier alpha value is -3.64. The molecule has 6 rings (SSSR count). The number of nitrogens with zero attached hydrogens (tertiary/aromatic N) is 3. The molecule has 6 aromatic rings. The van der Waals surface area contributed by atoms with E-state index in [0.29, 0.717) is 5.69 Å². The van der Waals surface area contributed by atoms with Gasteiger partial charge in [0.1, 0.15) is 7.05 Å². The van der Waals surface area contributed by atoms with Gasteiger partial charge >= 0.3 is 0 Å². The topological polar surface area (TPSA) is 12.6 Å². The summed E-state index contributed by atoms with van der Waals surface area (Å²) >= 11 is 0. The van der Waals surface area contributed by atoms with E-state index in [1.54, 1.807) is 0 Å². The molecule has 0 atom stereocenters. The quantitative estimate of drug-likeness (QED) is 0.145. The van der Waals surface area contributed by atoms with Crippen LogP contribution in [0, 0.1) is 13.5 Å². The van der Waals surface area contributed by atoms with E-state index in [9.17, 15) is 0 Å². The molecule has 0 unspecified atom stereocenters. The van der Waals surface area contributed by atoms with Crippen molar-refractivity contribution in [1.82, 2.24) is 4.40 Å². The molecule has 27 heavy (non-hydrogen) atoms. The van der Waals surface area contributed by atoms with Gasteiger partial charge in [0.25, 0.3) is 0 Å². The number of pyridine rings is 2. The Kier molecular flexibility index (Phi) is 2.55. The zero-order chi connectivity index (χ0) is 18.3. The third-order valence-corrected chi connectivity index (χ3v) is 5.87. The molecule has 0 saturated carbocycles. The summed E-state index contributed by atoms with van der Waals surface area (Å²) in [5, 5.41) is 6.25. The number of aromatic nitrogens is 2. The Morgan fingerprint density at radius 3 is 2.63 bits per heavy atom. The van der Waals surface area contributed by atoms with E-state index in [-0.39, 0.29) is 0 Å². The monoisotopic (exact) mass is 346 g/mol. The molecule has 3 heteroatoms. The average molecular weight is 346 g/mol. The molecule has 0 spiro atoms. The third-order valence-electron chi connectivity index (χ3n) is 5.87. The fourth-order valence-electron chi connectivity index (χ4n) is 4.70. The Labute approximate surface area is 155 Å². The highest BCUT2D eigenvalue weighted by Crippen LogP contribution is 2.41. The lowest BCUT2D eigenvalue weighted by molar-refractivity contribution is -0.643. The summed E-state index contributed by atoms with van der Waals surface area (Å²) < 4.78 is 4.59. The smallest absolute Gasteiger partial charge is 0.224 e. The highest BCUT2D eigenvalue weighted by Gasteiger charge is 2.23. The largest absolute Gasteiger partial charge is 0.309 e. The minimum Gasteiger partial charge on any atom is -0.309 e. The standard InChI is InChI=1S/C24H16N3/c1-14-7-9-18-17-10-8-16(25-2)13-20(17)27-19-6-4-5-15-11-12-26(3)24(22(15)19)21(14)23(18)27/h4-13H,1,3H3/q+1. The molecule has 126 valence electrons. The Morgan fingerprint density at radius 1 is 0.926 bits per heavy atom. The number of benzene rings is 3.